The van der Waals surface area contributed by atoms with Crippen LogP contribution in [0.25, 0.3) is 0 Å². The fourth-order valence-electron chi connectivity index (χ4n) is 1.95. The molecule has 2 N–H and O–H groups in total. The molecule has 1 aliphatic rings. The lowest BCUT2D eigenvalue weighted by Crippen LogP contribution is -2.13. The standard InChI is InChI=1S/C11H12N2/c12-6-8-1-2-10-4-9(7-13)5-11(10)3-8/h1-3,9H,4-5,7,13H2. The van der Waals surface area contributed by atoms with Gasteiger partial charge in [-0.05, 0) is 48.6 Å². The first-order valence-corrected chi connectivity index (χ1v) is 4.55. The number of nitrogens with two attached hydrogens (primary N) is 1. The number of hydrogen-bond acceptors (Lipinski definition) is 2. The molecular formula is C11H12N2. The minimum absolute atomic E-state index is 0.587. The number of nitriles is 1. The van der Waals surface area contributed by atoms with Gasteiger partial charge in [0.15, 0.2) is 0 Å². The number of benzene rings is 1. The van der Waals surface area contributed by atoms with Crippen LogP contribution in [0.4, 0.5) is 0 Å². The molecule has 0 radical (unpaired) electrons. The molecule has 13 heavy (non-hydrogen) atoms. The van der Waals surface area contributed by atoms with Crippen molar-refractivity contribution < 1.29 is 0 Å². The lowest BCUT2D eigenvalue weighted by molar-refractivity contribution is 0.575. The van der Waals surface area contributed by atoms with Crippen LogP contribution in [0.3, 0.4) is 0 Å². The molecule has 1 atom stereocenters. The maximum absolute atomic E-state index is 8.72. The van der Waals surface area contributed by atoms with Crippen LogP contribution < -0.4 is 5.73 Å². The zero-order valence-corrected chi connectivity index (χ0v) is 7.46. The molecule has 66 valence electrons. The van der Waals surface area contributed by atoms with Crippen molar-refractivity contribution >= 4 is 0 Å². The summed E-state index contributed by atoms with van der Waals surface area (Å²) in [5.74, 6) is 0.587. The van der Waals surface area contributed by atoms with E-state index >= 15 is 0 Å². The van der Waals surface area contributed by atoms with Crippen LogP contribution in [0.2, 0.25) is 0 Å². The molecule has 1 aliphatic carbocycles. The molecule has 2 heteroatoms. The third kappa shape index (κ3) is 1.43. The second-order valence-corrected chi connectivity index (χ2v) is 3.61. The molecule has 0 saturated carbocycles. The van der Waals surface area contributed by atoms with Gasteiger partial charge in [0.1, 0.15) is 0 Å². The highest BCUT2D eigenvalue weighted by molar-refractivity contribution is 5.40. The Morgan fingerprint density at radius 1 is 1.38 bits per heavy atom. The Morgan fingerprint density at radius 3 is 2.85 bits per heavy atom. The van der Waals surface area contributed by atoms with Crippen LogP contribution in [0.1, 0.15) is 16.7 Å². The first-order valence-electron chi connectivity index (χ1n) is 4.55. The molecule has 0 amide bonds. The van der Waals surface area contributed by atoms with Crippen LogP contribution in [0, 0.1) is 17.2 Å². The van der Waals surface area contributed by atoms with Gasteiger partial charge in [-0.3, -0.25) is 0 Å². The lowest BCUT2D eigenvalue weighted by atomic mass is 10.1. The largest absolute Gasteiger partial charge is 0.330 e. The smallest absolute Gasteiger partial charge is 0.0991 e. The van der Waals surface area contributed by atoms with E-state index in [1.54, 1.807) is 0 Å². The van der Waals surface area contributed by atoms with Crippen molar-refractivity contribution in [1.29, 1.82) is 5.26 Å². The zero-order valence-electron chi connectivity index (χ0n) is 7.46. The molecule has 0 aromatic heterocycles. The summed E-state index contributed by atoms with van der Waals surface area (Å²) in [6.07, 6.45) is 2.12. The molecule has 2 rings (SSSR count). The first kappa shape index (κ1) is 8.28. The third-order valence-corrected chi connectivity index (χ3v) is 2.69. The van der Waals surface area contributed by atoms with Gasteiger partial charge in [0.2, 0.25) is 0 Å². The second-order valence-electron chi connectivity index (χ2n) is 3.61. The first-order chi connectivity index (χ1) is 6.33. The Hall–Kier alpha value is -1.33. The van der Waals surface area contributed by atoms with Crippen molar-refractivity contribution in [2.45, 2.75) is 12.8 Å². The Morgan fingerprint density at radius 2 is 2.15 bits per heavy atom. The SMILES string of the molecule is N#Cc1ccc2c(c1)CC(CN)C2. The molecular weight excluding hydrogens is 160 g/mol. The van der Waals surface area contributed by atoms with Gasteiger partial charge < -0.3 is 5.73 Å². The highest BCUT2D eigenvalue weighted by Crippen LogP contribution is 2.26. The summed E-state index contributed by atoms with van der Waals surface area (Å²) < 4.78 is 0. The average molecular weight is 172 g/mol. The van der Waals surface area contributed by atoms with E-state index in [2.05, 4.69) is 12.1 Å². The quantitative estimate of drug-likeness (QED) is 0.692. The molecule has 1 unspecified atom stereocenters. The maximum atomic E-state index is 8.72. The topological polar surface area (TPSA) is 49.8 Å². The van der Waals surface area contributed by atoms with E-state index < -0.39 is 0 Å². The van der Waals surface area contributed by atoms with E-state index in [1.807, 2.05) is 12.1 Å². The molecule has 0 bridgehead atoms. The Bertz CT molecular complexity index is 363. The summed E-state index contributed by atoms with van der Waals surface area (Å²) in [5.41, 5.74) is 9.06. The molecule has 0 spiro atoms. The lowest BCUT2D eigenvalue weighted by Gasteiger charge is -2.01. The van der Waals surface area contributed by atoms with Gasteiger partial charge in [-0.25, -0.2) is 0 Å². The van der Waals surface area contributed by atoms with Crippen molar-refractivity contribution in [2.24, 2.45) is 11.7 Å². The fourth-order valence-corrected chi connectivity index (χ4v) is 1.95. The molecule has 2 nitrogen and oxygen atoms in total. The summed E-state index contributed by atoms with van der Waals surface area (Å²) in [6.45, 7) is 0.747. The second kappa shape index (κ2) is 3.20. The molecule has 1 aromatic carbocycles. The van der Waals surface area contributed by atoms with E-state index in [9.17, 15) is 0 Å². The van der Waals surface area contributed by atoms with Crippen molar-refractivity contribution in [2.75, 3.05) is 6.54 Å². The normalized spacial score (nSPS) is 19.5. The Labute approximate surface area is 78.0 Å². The number of fused-ring (bicyclic) bond motifs is 1. The predicted molar refractivity (Wildman–Crippen MR) is 51.1 cm³/mol. The summed E-state index contributed by atoms with van der Waals surface area (Å²) in [7, 11) is 0. The van der Waals surface area contributed by atoms with Crippen LogP contribution >= 0.6 is 0 Å². The van der Waals surface area contributed by atoms with Crippen LogP contribution in [0.5, 0.6) is 0 Å². The summed E-state index contributed by atoms with van der Waals surface area (Å²) in [6, 6.07) is 8.10. The average Bonchev–Trinajstić information content (AvgIpc) is 2.58. The van der Waals surface area contributed by atoms with E-state index in [1.165, 1.54) is 11.1 Å². The van der Waals surface area contributed by atoms with E-state index in [-0.39, 0.29) is 0 Å². The van der Waals surface area contributed by atoms with Gasteiger partial charge in [-0.1, -0.05) is 6.07 Å². The summed E-state index contributed by atoms with van der Waals surface area (Å²) in [4.78, 5) is 0. The third-order valence-electron chi connectivity index (χ3n) is 2.69. The van der Waals surface area contributed by atoms with Gasteiger partial charge in [-0.15, -0.1) is 0 Å². The molecule has 0 fully saturated rings. The minimum atomic E-state index is 0.587. The van der Waals surface area contributed by atoms with E-state index in [0.29, 0.717) is 5.92 Å². The van der Waals surface area contributed by atoms with Crippen molar-refractivity contribution in [3.8, 4) is 6.07 Å². The minimum Gasteiger partial charge on any atom is -0.330 e. The highest BCUT2D eigenvalue weighted by atomic mass is 14.6. The summed E-state index contributed by atoms with van der Waals surface area (Å²) >= 11 is 0. The predicted octanol–water partition coefficient (Wildman–Crippen LogP) is 1.23. The van der Waals surface area contributed by atoms with Gasteiger partial charge in [0.25, 0.3) is 0 Å². The van der Waals surface area contributed by atoms with Crippen molar-refractivity contribution in [1.82, 2.24) is 0 Å². The van der Waals surface area contributed by atoms with Crippen LogP contribution in [-0.2, 0) is 12.8 Å². The van der Waals surface area contributed by atoms with Gasteiger partial charge in [0, 0.05) is 0 Å². The number of nitrogens with zero attached hydrogens (tertiary/aromatic N) is 1. The Balaban J connectivity index is 2.32. The van der Waals surface area contributed by atoms with Crippen molar-refractivity contribution in [3.05, 3.63) is 34.9 Å². The fraction of sp³-hybridized carbons (Fsp3) is 0.364. The van der Waals surface area contributed by atoms with Crippen molar-refractivity contribution in [3.63, 3.8) is 0 Å². The summed E-state index contributed by atoms with van der Waals surface area (Å²) in [5, 5.41) is 8.72. The molecule has 0 heterocycles. The molecule has 0 aliphatic heterocycles. The molecule has 0 saturated heterocycles. The van der Waals surface area contributed by atoms with Gasteiger partial charge in [0.05, 0.1) is 11.6 Å². The van der Waals surface area contributed by atoms with E-state index in [0.717, 1.165) is 24.9 Å². The van der Waals surface area contributed by atoms with Crippen LogP contribution in [-0.4, -0.2) is 6.54 Å². The van der Waals surface area contributed by atoms with Gasteiger partial charge in [-0.2, -0.15) is 5.26 Å². The monoisotopic (exact) mass is 172 g/mol. The Kier molecular flexibility index (Phi) is 2.03. The number of rotatable bonds is 1. The van der Waals surface area contributed by atoms with Crippen LogP contribution in [0.15, 0.2) is 18.2 Å². The van der Waals surface area contributed by atoms with Gasteiger partial charge >= 0.3 is 0 Å². The zero-order chi connectivity index (χ0) is 9.26. The number of hydrogen-bond donors (Lipinski definition) is 1. The van der Waals surface area contributed by atoms with E-state index in [4.69, 9.17) is 11.0 Å². The highest BCUT2D eigenvalue weighted by Gasteiger charge is 2.19. The molecule has 1 aromatic rings. The maximum Gasteiger partial charge on any atom is 0.0991 e.